The van der Waals surface area contributed by atoms with Crippen LogP contribution in [0.15, 0.2) is 0 Å². The minimum atomic E-state index is 0.875. The highest BCUT2D eigenvalue weighted by Gasteiger charge is 2.23. The lowest BCUT2D eigenvalue weighted by Crippen LogP contribution is -2.32. The number of hydrogen-bond acceptors (Lipinski definition) is 1. The van der Waals surface area contributed by atoms with E-state index < -0.39 is 0 Å². The SMILES string of the molecule is CC.CCCC(CC)N1CCC(C)C1. The maximum absolute atomic E-state index is 2.69. The summed E-state index contributed by atoms with van der Waals surface area (Å²) >= 11 is 0. The smallest absolute Gasteiger partial charge is 0.00926 e. The van der Waals surface area contributed by atoms with Gasteiger partial charge in [-0.2, -0.15) is 0 Å². The molecule has 1 saturated heterocycles. The van der Waals surface area contributed by atoms with Crippen LogP contribution in [0.3, 0.4) is 0 Å². The van der Waals surface area contributed by atoms with Gasteiger partial charge in [0.25, 0.3) is 0 Å². The first kappa shape index (κ1) is 14.0. The monoisotopic (exact) mass is 199 g/mol. The summed E-state index contributed by atoms with van der Waals surface area (Å²) in [4.78, 5) is 2.69. The molecule has 1 aliphatic heterocycles. The molecule has 0 aromatic heterocycles. The van der Waals surface area contributed by atoms with Gasteiger partial charge in [-0.05, 0) is 31.7 Å². The zero-order valence-electron chi connectivity index (χ0n) is 10.8. The van der Waals surface area contributed by atoms with Crippen LogP contribution >= 0.6 is 0 Å². The average Bonchev–Trinajstić information content (AvgIpc) is 2.64. The zero-order chi connectivity index (χ0) is 11.0. The second-order valence-electron chi connectivity index (χ2n) is 4.24. The fourth-order valence-corrected chi connectivity index (χ4v) is 2.28. The van der Waals surface area contributed by atoms with E-state index >= 15 is 0 Å². The molecule has 1 nitrogen and oxygen atoms in total. The Morgan fingerprint density at radius 2 is 1.93 bits per heavy atom. The lowest BCUT2D eigenvalue weighted by atomic mass is 10.1. The molecule has 1 aliphatic rings. The molecule has 0 aliphatic carbocycles. The van der Waals surface area contributed by atoms with Crippen molar-refractivity contribution in [1.29, 1.82) is 0 Å². The van der Waals surface area contributed by atoms with Gasteiger partial charge in [-0.15, -0.1) is 0 Å². The molecule has 1 rings (SSSR count). The Morgan fingerprint density at radius 1 is 1.29 bits per heavy atom. The van der Waals surface area contributed by atoms with Crippen LogP contribution in [-0.2, 0) is 0 Å². The molecule has 1 heterocycles. The van der Waals surface area contributed by atoms with Gasteiger partial charge in [-0.3, -0.25) is 0 Å². The Morgan fingerprint density at radius 3 is 2.29 bits per heavy atom. The predicted octanol–water partition coefficient (Wildman–Crippen LogP) is 3.93. The highest BCUT2D eigenvalue weighted by molar-refractivity contribution is 4.78. The molecule has 2 atom stereocenters. The summed E-state index contributed by atoms with van der Waals surface area (Å²) in [5, 5.41) is 0. The van der Waals surface area contributed by atoms with E-state index in [9.17, 15) is 0 Å². The average molecular weight is 199 g/mol. The maximum atomic E-state index is 2.69. The summed E-state index contributed by atoms with van der Waals surface area (Å²) in [5.74, 6) is 0.941. The van der Waals surface area contributed by atoms with E-state index in [0.717, 1.165) is 12.0 Å². The fourth-order valence-electron chi connectivity index (χ4n) is 2.28. The van der Waals surface area contributed by atoms with Crippen molar-refractivity contribution in [2.75, 3.05) is 13.1 Å². The summed E-state index contributed by atoms with van der Waals surface area (Å²) in [5.41, 5.74) is 0. The molecular formula is C13H29N. The topological polar surface area (TPSA) is 3.24 Å². The summed E-state index contributed by atoms with van der Waals surface area (Å²) < 4.78 is 0. The van der Waals surface area contributed by atoms with Crippen molar-refractivity contribution in [2.24, 2.45) is 5.92 Å². The van der Waals surface area contributed by atoms with Gasteiger partial charge in [0, 0.05) is 12.6 Å². The molecule has 1 heteroatoms. The minimum absolute atomic E-state index is 0.875. The Labute approximate surface area is 90.9 Å². The van der Waals surface area contributed by atoms with Crippen LogP contribution in [0.2, 0.25) is 0 Å². The second-order valence-corrected chi connectivity index (χ2v) is 4.24. The van der Waals surface area contributed by atoms with Gasteiger partial charge in [0.05, 0.1) is 0 Å². The molecule has 1 fully saturated rings. The van der Waals surface area contributed by atoms with Crippen LogP contribution in [0, 0.1) is 5.92 Å². The molecule has 86 valence electrons. The molecule has 2 unspecified atom stereocenters. The van der Waals surface area contributed by atoms with E-state index in [2.05, 4.69) is 25.7 Å². The van der Waals surface area contributed by atoms with Crippen LogP contribution in [0.1, 0.15) is 60.3 Å². The first-order chi connectivity index (χ1) is 6.77. The third kappa shape index (κ3) is 4.45. The Kier molecular flexibility index (Phi) is 8.26. The molecule has 0 spiro atoms. The molecule has 0 radical (unpaired) electrons. The van der Waals surface area contributed by atoms with Crippen LogP contribution in [-0.4, -0.2) is 24.0 Å². The Hall–Kier alpha value is -0.0400. The van der Waals surface area contributed by atoms with Crippen molar-refractivity contribution < 1.29 is 0 Å². The van der Waals surface area contributed by atoms with Gasteiger partial charge in [-0.25, -0.2) is 0 Å². The number of likely N-dealkylation sites (tertiary alicyclic amines) is 1. The number of rotatable bonds is 4. The summed E-state index contributed by atoms with van der Waals surface area (Å²) in [6.07, 6.45) is 5.48. The van der Waals surface area contributed by atoms with E-state index in [1.807, 2.05) is 13.8 Å². The highest BCUT2D eigenvalue weighted by atomic mass is 15.2. The Balaban J connectivity index is 0.000000791. The third-order valence-electron chi connectivity index (χ3n) is 3.06. The van der Waals surface area contributed by atoms with Gasteiger partial charge in [0.2, 0.25) is 0 Å². The molecule has 14 heavy (non-hydrogen) atoms. The van der Waals surface area contributed by atoms with E-state index in [-0.39, 0.29) is 0 Å². The minimum Gasteiger partial charge on any atom is -0.300 e. The molecule has 0 saturated carbocycles. The van der Waals surface area contributed by atoms with E-state index in [4.69, 9.17) is 0 Å². The highest BCUT2D eigenvalue weighted by Crippen LogP contribution is 2.21. The molecule has 0 bridgehead atoms. The predicted molar refractivity (Wildman–Crippen MR) is 65.7 cm³/mol. The first-order valence-electron chi connectivity index (χ1n) is 6.52. The largest absolute Gasteiger partial charge is 0.300 e. The normalized spacial score (nSPS) is 24.2. The Bertz CT molecular complexity index is 120. The lowest BCUT2D eigenvalue weighted by Gasteiger charge is -2.26. The molecule has 0 aromatic rings. The quantitative estimate of drug-likeness (QED) is 0.663. The van der Waals surface area contributed by atoms with Gasteiger partial charge in [-0.1, -0.05) is 41.0 Å². The third-order valence-corrected chi connectivity index (χ3v) is 3.06. The standard InChI is InChI=1S/C11H23N.C2H6/c1-4-6-11(5-2)12-8-7-10(3)9-12;1-2/h10-11H,4-9H2,1-3H3;1-2H3. The van der Waals surface area contributed by atoms with Crippen LogP contribution in [0.5, 0.6) is 0 Å². The van der Waals surface area contributed by atoms with Gasteiger partial charge in [0.15, 0.2) is 0 Å². The van der Waals surface area contributed by atoms with Crippen molar-refractivity contribution >= 4 is 0 Å². The van der Waals surface area contributed by atoms with E-state index in [1.165, 1.54) is 38.8 Å². The zero-order valence-corrected chi connectivity index (χ0v) is 10.8. The summed E-state index contributed by atoms with van der Waals surface area (Å²) in [6.45, 7) is 13.7. The van der Waals surface area contributed by atoms with Crippen molar-refractivity contribution in [2.45, 2.75) is 66.3 Å². The van der Waals surface area contributed by atoms with Gasteiger partial charge in [0.1, 0.15) is 0 Å². The van der Waals surface area contributed by atoms with Crippen LogP contribution < -0.4 is 0 Å². The fraction of sp³-hybridized carbons (Fsp3) is 1.00. The summed E-state index contributed by atoms with van der Waals surface area (Å²) in [7, 11) is 0. The van der Waals surface area contributed by atoms with Crippen molar-refractivity contribution in [3.8, 4) is 0 Å². The van der Waals surface area contributed by atoms with Gasteiger partial charge < -0.3 is 4.90 Å². The van der Waals surface area contributed by atoms with Crippen molar-refractivity contribution in [1.82, 2.24) is 4.90 Å². The van der Waals surface area contributed by atoms with Crippen molar-refractivity contribution in [3.63, 3.8) is 0 Å². The second kappa shape index (κ2) is 8.28. The van der Waals surface area contributed by atoms with E-state index in [0.29, 0.717) is 0 Å². The van der Waals surface area contributed by atoms with Crippen LogP contribution in [0.4, 0.5) is 0 Å². The molecule has 0 aromatic carbocycles. The number of nitrogens with zero attached hydrogens (tertiary/aromatic N) is 1. The van der Waals surface area contributed by atoms with Crippen LogP contribution in [0.25, 0.3) is 0 Å². The molecule has 0 amide bonds. The van der Waals surface area contributed by atoms with Crippen molar-refractivity contribution in [3.05, 3.63) is 0 Å². The summed E-state index contributed by atoms with van der Waals surface area (Å²) in [6, 6.07) is 0.875. The van der Waals surface area contributed by atoms with E-state index in [1.54, 1.807) is 0 Å². The first-order valence-corrected chi connectivity index (χ1v) is 6.52. The molecule has 0 N–H and O–H groups in total. The van der Waals surface area contributed by atoms with Gasteiger partial charge >= 0.3 is 0 Å². The maximum Gasteiger partial charge on any atom is 0.00926 e. The number of hydrogen-bond donors (Lipinski definition) is 0. The molecular weight excluding hydrogens is 170 g/mol. The lowest BCUT2D eigenvalue weighted by molar-refractivity contribution is 0.217.